The van der Waals surface area contributed by atoms with E-state index in [0.29, 0.717) is 34.9 Å². The summed E-state index contributed by atoms with van der Waals surface area (Å²) in [5.74, 6) is -0.111. The van der Waals surface area contributed by atoms with Gasteiger partial charge >= 0.3 is 0 Å². The molecule has 1 aromatic rings. The van der Waals surface area contributed by atoms with Crippen LogP contribution < -0.4 is 21.1 Å². The van der Waals surface area contributed by atoms with Crippen molar-refractivity contribution in [1.82, 2.24) is 21.2 Å². The first-order chi connectivity index (χ1) is 11.6. The van der Waals surface area contributed by atoms with Crippen LogP contribution in [0.15, 0.2) is 5.38 Å². The molecule has 7 nitrogen and oxygen atoms in total. The molecule has 0 radical (unpaired) electrons. The van der Waals surface area contributed by atoms with E-state index in [1.54, 1.807) is 4.90 Å². The second-order valence-corrected chi connectivity index (χ2v) is 7.32. The molecule has 2 aliphatic rings. The van der Waals surface area contributed by atoms with Gasteiger partial charge in [-0.2, -0.15) is 0 Å². The average molecular weight is 368 g/mol. The fourth-order valence-corrected chi connectivity index (χ4v) is 4.06. The number of amides is 2. The number of anilines is 1. The van der Waals surface area contributed by atoms with Gasteiger partial charge in [-0.25, -0.2) is 4.98 Å². The standard InChI is InChI=1S/C15H21N5O2S2/c21-12(18-19-14(23)16-10-4-1-2-5-10)8-11-9-24-15(17-11)20-7-3-6-13(20)22/h9-10H,1-8H2,(H,18,21)(H2,16,19,23). The average Bonchev–Trinajstić information content (AvgIpc) is 3.27. The van der Waals surface area contributed by atoms with Crippen LogP contribution in [0.5, 0.6) is 0 Å². The Morgan fingerprint density at radius 2 is 2.12 bits per heavy atom. The number of carbonyl (C=O) groups is 2. The highest BCUT2D eigenvalue weighted by Crippen LogP contribution is 2.25. The Morgan fingerprint density at radius 3 is 2.83 bits per heavy atom. The van der Waals surface area contributed by atoms with Gasteiger partial charge in [0.1, 0.15) is 0 Å². The molecule has 0 aromatic carbocycles. The largest absolute Gasteiger partial charge is 0.359 e. The highest BCUT2D eigenvalue weighted by molar-refractivity contribution is 7.80. The van der Waals surface area contributed by atoms with Crippen molar-refractivity contribution in [1.29, 1.82) is 0 Å². The Morgan fingerprint density at radius 1 is 1.33 bits per heavy atom. The second kappa shape index (κ2) is 7.89. The first kappa shape index (κ1) is 17.1. The maximum Gasteiger partial charge on any atom is 0.244 e. The van der Waals surface area contributed by atoms with E-state index in [9.17, 15) is 9.59 Å². The van der Waals surface area contributed by atoms with Gasteiger partial charge in [0.15, 0.2) is 10.2 Å². The summed E-state index contributed by atoms with van der Waals surface area (Å²) in [4.78, 5) is 29.7. The molecule has 2 heterocycles. The van der Waals surface area contributed by atoms with Crippen LogP contribution in [0, 0.1) is 0 Å². The summed E-state index contributed by atoms with van der Waals surface area (Å²) in [6.45, 7) is 0.709. The van der Waals surface area contributed by atoms with Crippen LogP contribution in [0.1, 0.15) is 44.2 Å². The van der Waals surface area contributed by atoms with Crippen molar-refractivity contribution < 1.29 is 9.59 Å². The maximum absolute atomic E-state index is 12.0. The van der Waals surface area contributed by atoms with E-state index >= 15 is 0 Å². The number of nitrogens with one attached hydrogen (secondary N) is 3. The molecule has 3 rings (SSSR count). The lowest BCUT2D eigenvalue weighted by Gasteiger charge is -2.15. The zero-order chi connectivity index (χ0) is 16.9. The van der Waals surface area contributed by atoms with Gasteiger partial charge in [0, 0.05) is 24.4 Å². The number of thiocarbonyl (C=S) groups is 1. The van der Waals surface area contributed by atoms with E-state index in [1.807, 2.05) is 5.38 Å². The van der Waals surface area contributed by atoms with Crippen LogP contribution >= 0.6 is 23.6 Å². The van der Waals surface area contributed by atoms with Gasteiger partial charge in [0.2, 0.25) is 11.8 Å². The minimum atomic E-state index is -0.213. The molecular formula is C15H21N5O2S2. The Hall–Kier alpha value is -1.74. The lowest BCUT2D eigenvalue weighted by Crippen LogP contribution is -2.49. The molecule has 3 N–H and O–H groups in total. The number of rotatable bonds is 4. The molecule has 0 unspecified atom stereocenters. The zero-order valence-electron chi connectivity index (χ0n) is 13.3. The van der Waals surface area contributed by atoms with Crippen molar-refractivity contribution in [3.63, 3.8) is 0 Å². The quantitative estimate of drug-likeness (QED) is 0.549. The van der Waals surface area contributed by atoms with E-state index in [0.717, 1.165) is 19.3 Å². The first-order valence-electron chi connectivity index (χ1n) is 8.22. The van der Waals surface area contributed by atoms with Gasteiger partial charge in [0.25, 0.3) is 0 Å². The number of hydrogen-bond donors (Lipinski definition) is 3. The number of carbonyl (C=O) groups excluding carboxylic acids is 2. The van der Waals surface area contributed by atoms with E-state index < -0.39 is 0 Å². The minimum absolute atomic E-state index is 0.102. The maximum atomic E-state index is 12.0. The summed E-state index contributed by atoms with van der Waals surface area (Å²) >= 11 is 6.56. The van der Waals surface area contributed by atoms with Crippen LogP contribution in [-0.2, 0) is 16.0 Å². The summed E-state index contributed by atoms with van der Waals surface area (Å²) in [5, 5.41) is 6.12. The van der Waals surface area contributed by atoms with Gasteiger partial charge in [-0.1, -0.05) is 12.8 Å². The van der Waals surface area contributed by atoms with Gasteiger partial charge in [-0.05, 0) is 31.5 Å². The molecule has 0 bridgehead atoms. The topological polar surface area (TPSA) is 86.4 Å². The molecule has 1 aromatic heterocycles. The van der Waals surface area contributed by atoms with Crippen LogP contribution in [0.3, 0.4) is 0 Å². The fourth-order valence-electron chi connectivity index (χ4n) is 2.98. The zero-order valence-corrected chi connectivity index (χ0v) is 15.0. The number of hydrogen-bond acceptors (Lipinski definition) is 5. The number of nitrogens with zero attached hydrogens (tertiary/aromatic N) is 2. The lowest BCUT2D eigenvalue weighted by atomic mass is 10.3. The van der Waals surface area contributed by atoms with Gasteiger partial charge in [0.05, 0.1) is 12.1 Å². The predicted octanol–water partition coefficient (Wildman–Crippen LogP) is 1.25. The van der Waals surface area contributed by atoms with Crippen molar-refractivity contribution in [3.05, 3.63) is 11.1 Å². The molecule has 1 aliphatic heterocycles. The highest BCUT2D eigenvalue weighted by Gasteiger charge is 2.24. The van der Waals surface area contributed by atoms with Crippen LogP contribution in [0.25, 0.3) is 0 Å². The number of hydrazine groups is 1. The fraction of sp³-hybridized carbons (Fsp3) is 0.600. The molecule has 24 heavy (non-hydrogen) atoms. The number of thiazole rings is 1. The molecule has 2 amide bonds. The summed E-state index contributed by atoms with van der Waals surface area (Å²) in [6.07, 6.45) is 6.27. The van der Waals surface area contributed by atoms with E-state index in [1.165, 1.54) is 24.2 Å². The van der Waals surface area contributed by atoms with Crippen molar-refractivity contribution in [2.45, 2.75) is 51.0 Å². The molecular weight excluding hydrogens is 346 g/mol. The van der Waals surface area contributed by atoms with Crippen LogP contribution in [-0.4, -0.2) is 34.5 Å². The van der Waals surface area contributed by atoms with Crippen molar-refractivity contribution in [2.75, 3.05) is 11.4 Å². The Balaban J connectivity index is 1.42. The molecule has 1 aliphatic carbocycles. The van der Waals surface area contributed by atoms with Crippen LogP contribution in [0.2, 0.25) is 0 Å². The molecule has 2 fully saturated rings. The summed E-state index contributed by atoms with van der Waals surface area (Å²) < 4.78 is 0. The molecule has 1 saturated heterocycles. The monoisotopic (exact) mass is 367 g/mol. The highest BCUT2D eigenvalue weighted by atomic mass is 32.1. The Kier molecular flexibility index (Phi) is 5.62. The molecule has 9 heteroatoms. The second-order valence-electron chi connectivity index (χ2n) is 6.08. The van der Waals surface area contributed by atoms with Crippen molar-refractivity contribution in [2.24, 2.45) is 0 Å². The smallest absolute Gasteiger partial charge is 0.244 e. The van der Waals surface area contributed by atoms with Crippen molar-refractivity contribution >= 4 is 45.6 Å². The third kappa shape index (κ3) is 4.41. The van der Waals surface area contributed by atoms with Gasteiger partial charge < -0.3 is 5.32 Å². The summed E-state index contributed by atoms with van der Waals surface area (Å²) in [6, 6.07) is 0.404. The number of aromatic nitrogens is 1. The third-order valence-electron chi connectivity index (χ3n) is 4.19. The molecule has 0 spiro atoms. The normalized spacial score (nSPS) is 18.0. The first-order valence-corrected chi connectivity index (χ1v) is 9.51. The van der Waals surface area contributed by atoms with E-state index in [2.05, 4.69) is 21.2 Å². The third-order valence-corrected chi connectivity index (χ3v) is 5.32. The van der Waals surface area contributed by atoms with E-state index in [4.69, 9.17) is 12.2 Å². The summed E-state index contributed by atoms with van der Waals surface area (Å²) in [5.41, 5.74) is 5.97. The predicted molar refractivity (Wildman–Crippen MR) is 96.7 cm³/mol. The lowest BCUT2D eigenvalue weighted by molar-refractivity contribution is -0.121. The summed E-state index contributed by atoms with van der Waals surface area (Å²) in [7, 11) is 0. The Labute approximate surface area is 150 Å². The minimum Gasteiger partial charge on any atom is -0.359 e. The van der Waals surface area contributed by atoms with Crippen molar-refractivity contribution in [3.8, 4) is 0 Å². The SMILES string of the molecule is O=C(Cc1csc(N2CCCC2=O)n1)NNC(=S)NC1CCCC1. The molecule has 130 valence electrons. The van der Waals surface area contributed by atoms with Crippen LogP contribution in [0.4, 0.5) is 5.13 Å². The van der Waals surface area contributed by atoms with Gasteiger partial charge in [-0.15, -0.1) is 11.3 Å². The molecule has 0 atom stereocenters. The molecule has 1 saturated carbocycles. The van der Waals surface area contributed by atoms with Gasteiger partial charge in [-0.3, -0.25) is 25.3 Å². The Bertz CT molecular complexity index is 627. The van der Waals surface area contributed by atoms with E-state index in [-0.39, 0.29) is 18.2 Å².